The van der Waals surface area contributed by atoms with Crippen molar-refractivity contribution in [2.24, 2.45) is 35.5 Å². The van der Waals surface area contributed by atoms with Crippen molar-refractivity contribution in [3.8, 4) is 57.5 Å². The zero-order valence-corrected chi connectivity index (χ0v) is 76.5. The van der Waals surface area contributed by atoms with E-state index in [1.165, 1.54) is 34.2 Å². The molecule has 3 saturated carbocycles. The minimum Gasteiger partial charge on any atom is -0.493 e. The fourth-order valence-corrected chi connectivity index (χ4v) is 13.9. The summed E-state index contributed by atoms with van der Waals surface area (Å²) in [6.45, 7) is 14.3. The number of nitrogens with one attached hydrogen (secondary N) is 4. The third kappa shape index (κ3) is 33.0. The molecule has 7 aromatic carbocycles. The van der Waals surface area contributed by atoms with Crippen LogP contribution in [0.1, 0.15) is 125 Å². The second-order valence-corrected chi connectivity index (χ2v) is 36.4. The number of pyridine rings is 3. The van der Waals surface area contributed by atoms with E-state index in [4.69, 9.17) is 48.4 Å². The fraction of sp³-hybridized carbons (Fsp3) is 0.363. The van der Waals surface area contributed by atoms with Crippen LogP contribution in [-0.4, -0.2) is 142 Å². The number of esters is 1. The highest BCUT2D eigenvalue weighted by Crippen LogP contribution is 2.40. The predicted octanol–water partition coefficient (Wildman–Crippen LogP) is 19.9. The standard InChI is InChI=1S/C34H36F3N3O6.C29H28F3N3O4.C24H26F3NO5.C15H15N3O2/c1-33(2,3)46-32(43)40-18-23(19-40)20-44-29-15-22(12-25(16-29)34(35,36)37)14-26(41)13-21-4-8-27(9-5-21)45-28-10-11-38-30(17-28)39-31(42)24-6-7-24;30-29(31,32)22-9-19(12-26(13-22)38-17-20-15-33-16-20)11-23(36)10-18-1-5-24(6-2-18)39-25-7-8-34-27(14-25)35-28(37)21-3-4-21;1-23(2,3)33-22(30)28-13-17(14-28)15-31-20-10-16(9-18(12-20)24(25,26)27)11-21(29)32-19-7-5-4-6-8-19;16-11-3-5-12(6-4-11)20-13-7-8-17-14(9-13)18-15(19)10-1-2-10/h4-5,8-12,15-17,23-24H,6-7,13-14,18-20H2,1-3H3,(H,38,39,42);1-2,5-9,12-14,20-21,33H,3-4,10-11,15-17H2,(H,34,35,37);4-10,12,17H,11,13-15H2,1-3H3;3-10H,1-2,16H2,(H,17,18,19). The van der Waals surface area contributed by atoms with Crippen molar-refractivity contribution in [3.05, 3.63) is 257 Å². The molecule has 5 amide bonds. The van der Waals surface area contributed by atoms with Crippen molar-refractivity contribution >= 4 is 70.6 Å². The quantitative estimate of drug-likeness (QED) is 0.0113. The first-order valence-corrected chi connectivity index (χ1v) is 44.9. The van der Waals surface area contributed by atoms with Gasteiger partial charge >= 0.3 is 36.7 Å². The molecule has 6 aliphatic rings. The first-order chi connectivity index (χ1) is 65.5. The van der Waals surface area contributed by atoms with Gasteiger partial charge in [-0.15, -0.1) is 0 Å². The van der Waals surface area contributed by atoms with E-state index in [0.29, 0.717) is 107 Å². The van der Waals surface area contributed by atoms with Gasteiger partial charge in [0.25, 0.3) is 0 Å². The molecule has 3 aliphatic heterocycles. The summed E-state index contributed by atoms with van der Waals surface area (Å²) in [6, 6.07) is 49.1. The molecule has 728 valence electrons. The maximum atomic E-state index is 13.7. The van der Waals surface area contributed by atoms with Gasteiger partial charge in [0.15, 0.2) is 0 Å². The van der Waals surface area contributed by atoms with Gasteiger partial charge in [0.2, 0.25) is 17.7 Å². The van der Waals surface area contributed by atoms with E-state index >= 15 is 0 Å². The molecular weight excluding hydrogens is 1810 g/mol. The number of alkyl halides is 9. The van der Waals surface area contributed by atoms with Crippen LogP contribution in [0.2, 0.25) is 0 Å². The smallest absolute Gasteiger partial charge is 0.416 e. The number of carbonyl (C=O) groups excluding carboxylic acids is 8. The average molecular weight is 1910 g/mol. The number of hydrogen-bond donors (Lipinski definition) is 5. The van der Waals surface area contributed by atoms with Gasteiger partial charge in [-0.2, -0.15) is 39.5 Å². The molecule has 10 aromatic rings. The van der Waals surface area contributed by atoms with Crippen LogP contribution in [0.25, 0.3) is 0 Å². The molecule has 0 bridgehead atoms. The summed E-state index contributed by atoms with van der Waals surface area (Å²) in [6.07, 6.45) is -5.08. The van der Waals surface area contributed by atoms with Crippen LogP contribution in [0.4, 0.5) is 72.2 Å². The maximum Gasteiger partial charge on any atom is 0.416 e. The van der Waals surface area contributed by atoms with Crippen LogP contribution in [0.15, 0.2) is 213 Å². The summed E-state index contributed by atoms with van der Waals surface area (Å²) < 4.78 is 171. The molecule has 0 radical (unpaired) electrons. The molecule has 0 atom stereocenters. The van der Waals surface area contributed by atoms with E-state index in [-0.39, 0.29) is 144 Å². The molecule has 0 unspecified atom stereocenters. The lowest BCUT2D eigenvalue weighted by Crippen LogP contribution is -2.53. The number of nitrogen functional groups attached to an aromatic ring is 1. The number of anilines is 4. The molecule has 3 aromatic heterocycles. The van der Waals surface area contributed by atoms with E-state index in [0.717, 1.165) is 88.0 Å². The summed E-state index contributed by atoms with van der Waals surface area (Å²) in [5.41, 5.74) is 4.41. The Morgan fingerprint density at radius 1 is 0.362 bits per heavy atom. The minimum absolute atomic E-state index is 0.00283. The summed E-state index contributed by atoms with van der Waals surface area (Å²) >= 11 is 0. The molecule has 36 heteroatoms. The number of para-hydroxylation sites is 1. The summed E-state index contributed by atoms with van der Waals surface area (Å²) in [5.74, 6) is 4.27. The Morgan fingerprint density at radius 2 is 0.681 bits per heavy atom. The van der Waals surface area contributed by atoms with E-state index in [2.05, 4.69) is 36.2 Å². The number of likely N-dealkylation sites (tertiary alicyclic amines) is 2. The molecule has 6 N–H and O–H groups in total. The lowest BCUT2D eigenvalue weighted by Gasteiger charge is -2.39. The van der Waals surface area contributed by atoms with Crippen LogP contribution in [0, 0.1) is 35.5 Å². The fourth-order valence-electron chi connectivity index (χ4n) is 13.9. The molecule has 3 saturated heterocycles. The second kappa shape index (κ2) is 45.1. The van der Waals surface area contributed by atoms with Crippen LogP contribution in [-0.2, 0) is 88.9 Å². The molecule has 0 spiro atoms. The number of ether oxygens (including phenoxy) is 9. The summed E-state index contributed by atoms with van der Waals surface area (Å²) in [5, 5.41) is 11.4. The largest absolute Gasteiger partial charge is 0.493 e. The van der Waals surface area contributed by atoms with Crippen molar-refractivity contribution < 1.29 is 121 Å². The molecular formula is C102H105F9N10O17. The number of nitrogens with two attached hydrogens (primary N) is 1. The third-order valence-electron chi connectivity index (χ3n) is 21.6. The second-order valence-electron chi connectivity index (χ2n) is 36.4. The van der Waals surface area contributed by atoms with Gasteiger partial charge < -0.3 is 79.4 Å². The number of hydrogen-bond acceptors (Lipinski definition) is 22. The topological polar surface area (TPSA) is 339 Å². The van der Waals surface area contributed by atoms with Crippen LogP contribution < -0.4 is 60.2 Å². The lowest BCUT2D eigenvalue weighted by atomic mass is 10.00. The molecule has 16 rings (SSSR count). The number of carbonyl (C=O) groups is 8. The molecule has 27 nitrogen and oxygen atoms in total. The summed E-state index contributed by atoms with van der Waals surface area (Å²) in [4.78, 5) is 113. The zero-order valence-electron chi connectivity index (χ0n) is 76.5. The van der Waals surface area contributed by atoms with Crippen molar-refractivity contribution in [3.63, 3.8) is 0 Å². The van der Waals surface area contributed by atoms with Crippen molar-refractivity contribution in [1.29, 1.82) is 0 Å². The zero-order chi connectivity index (χ0) is 98.6. The first-order valence-electron chi connectivity index (χ1n) is 44.9. The van der Waals surface area contributed by atoms with Crippen LogP contribution in [0.5, 0.6) is 57.5 Å². The van der Waals surface area contributed by atoms with Gasteiger partial charge in [-0.3, -0.25) is 28.8 Å². The van der Waals surface area contributed by atoms with E-state index in [1.807, 2.05) is 0 Å². The Hall–Kier alpha value is -14.3. The summed E-state index contributed by atoms with van der Waals surface area (Å²) in [7, 11) is 0. The minimum atomic E-state index is -4.62. The predicted molar refractivity (Wildman–Crippen MR) is 491 cm³/mol. The van der Waals surface area contributed by atoms with Gasteiger partial charge in [-0.05, 0) is 241 Å². The van der Waals surface area contributed by atoms with Crippen molar-refractivity contribution in [1.82, 2.24) is 30.1 Å². The Kier molecular flexibility index (Phi) is 33.0. The van der Waals surface area contributed by atoms with Crippen LogP contribution in [0.3, 0.4) is 0 Å². The highest BCUT2D eigenvalue weighted by atomic mass is 19.4. The normalized spacial score (nSPS) is 14.8. The average Bonchev–Trinajstić information content (AvgIpc) is 1.45. The Morgan fingerprint density at radius 3 is 0.993 bits per heavy atom. The molecule has 3 aliphatic carbocycles. The van der Waals surface area contributed by atoms with Gasteiger partial charge in [0.1, 0.15) is 97.7 Å². The number of amides is 5. The molecule has 6 heterocycles. The highest BCUT2D eigenvalue weighted by molar-refractivity contribution is 5.95. The van der Waals surface area contributed by atoms with Crippen molar-refractivity contribution in [2.45, 2.75) is 142 Å². The van der Waals surface area contributed by atoms with Gasteiger partial charge in [0, 0.05) is 143 Å². The lowest BCUT2D eigenvalue weighted by molar-refractivity contribution is -0.138. The maximum absolute atomic E-state index is 13.7. The first kappa shape index (κ1) is 101. The van der Waals surface area contributed by atoms with E-state index in [9.17, 15) is 77.9 Å². The number of rotatable bonds is 32. The number of aromatic nitrogens is 3. The number of ketones is 2. The highest BCUT2D eigenvalue weighted by Gasteiger charge is 2.40. The van der Waals surface area contributed by atoms with Gasteiger partial charge in [0.05, 0.1) is 42.9 Å². The van der Waals surface area contributed by atoms with Crippen molar-refractivity contribution in [2.75, 3.05) is 80.8 Å². The Bertz CT molecular complexity index is 5920. The van der Waals surface area contributed by atoms with E-state index < -0.39 is 64.6 Å². The Labute approximate surface area is 790 Å². The molecule has 6 fully saturated rings. The number of Topliss-reactive ketones (excluding diaryl/α,β-unsaturated/α-hetero) is 2. The Balaban J connectivity index is 0.000000160. The van der Waals surface area contributed by atoms with Crippen LogP contribution >= 0.6 is 0 Å². The van der Waals surface area contributed by atoms with E-state index in [1.54, 1.807) is 193 Å². The monoisotopic (exact) mass is 1910 g/mol. The van der Waals surface area contributed by atoms with Gasteiger partial charge in [-0.25, -0.2) is 24.5 Å². The number of halogens is 9. The third-order valence-corrected chi connectivity index (χ3v) is 21.6. The van der Waals surface area contributed by atoms with Gasteiger partial charge in [-0.1, -0.05) is 42.5 Å². The number of nitrogens with zero attached hydrogens (tertiary/aromatic N) is 5. The molecule has 138 heavy (non-hydrogen) atoms. The number of benzene rings is 7. The SMILES string of the molecule is CC(C)(C)OC(=O)N1CC(COc2cc(CC(=O)Cc3ccc(Oc4ccnc(NC(=O)C5CC5)c4)cc3)cc(C(F)(F)F)c2)C1.CC(C)(C)OC(=O)N1CC(COc2cc(CC(=O)Oc3ccccc3)cc(C(F)(F)F)c2)C1.Nc1ccc(Oc2ccnc(NC(=O)C3CC3)c2)cc1.O=C(Cc1ccc(Oc2ccnc(NC(=O)C3CC3)c2)cc1)Cc1cc(OCC2CNC2)cc(C(F)(F)F)c1.